The van der Waals surface area contributed by atoms with Crippen LogP contribution >= 0.6 is 0 Å². The number of nitrogens with zero attached hydrogens (tertiary/aromatic N) is 6. The maximum atomic E-state index is 6.36. The number of anilines is 2. The Morgan fingerprint density at radius 1 is 0.548 bits per heavy atom. The van der Waals surface area contributed by atoms with Crippen LogP contribution in [0.4, 0.5) is 11.6 Å². The standard InChI is InChI=1S/C52H64N6O4/c1-6-44(7-2)62-48-23-19-39(35-50(48)61-9-4)37-56-32-28-43(29-33-56)58(52-25-21-41-15-11-13-17-46(41)54-52)57(51-24-20-40-14-10-12-16-45(40)53-51)42-26-30-55(31-27-42)36-38-18-22-47(59-5)49(34-38)60-8-3/h10-25,34-35,42-44H,6-9,26-33,36-37H2,1-5H3. The number of hydrogen-bond acceptors (Lipinski definition) is 10. The molecule has 10 heteroatoms. The minimum atomic E-state index is 0.185. The van der Waals surface area contributed by atoms with Crippen molar-refractivity contribution in [2.24, 2.45) is 0 Å². The number of fused-ring (bicyclic) bond motifs is 2. The average Bonchev–Trinajstić information content (AvgIpc) is 3.31. The number of pyridine rings is 2. The van der Waals surface area contributed by atoms with Crippen LogP contribution in [0.25, 0.3) is 21.8 Å². The van der Waals surface area contributed by atoms with Crippen molar-refractivity contribution in [1.29, 1.82) is 0 Å². The molecular weight excluding hydrogens is 773 g/mol. The van der Waals surface area contributed by atoms with E-state index in [0.29, 0.717) is 13.2 Å². The number of hydrazine groups is 1. The van der Waals surface area contributed by atoms with Crippen LogP contribution in [-0.4, -0.2) is 84.5 Å². The molecule has 4 heterocycles. The van der Waals surface area contributed by atoms with E-state index >= 15 is 0 Å². The van der Waals surface area contributed by atoms with Crippen LogP contribution < -0.4 is 29.0 Å². The van der Waals surface area contributed by atoms with Crippen molar-refractivity contribution in [1.82, 2.24) is 19.8 Å². The molecule has 2 aromatic heterocycles. The summed E-state index contributed by atoms with van der Waals surface area (Å²) in [7, 11) is 1.70. The number of rotatable bonds is 18. The number of ether oxygens (including phenoxy) is 4. The molecule has 0 radical (unpaired) electrons. The summed E-state index contributed by atoms with van der Waals surface area (Å²) in [6.07, 6.45) is 6.09. The molecule has 2 aliphatic rings. The second-order valence-corrected chi connectivity index (χ2v) is 16.6. The maximum Gasteiger partial charge on any atom is 0.161 e. The smallest absolute Gasteiger partial charge is 0.161 e. The van der Waals surface area contributed by atoms with E-state index in [1.165, 1.54) is 11.1 Å². The van der Waals surface area contributed by atoms with Gasteiger partial charge in [-0.25, -0.2) is 9.97 Å². The molecular formula is C52H64N6O4. The Morgan fingerprint density at radius 2 is 1.00 bits per heavy atom. The molecule has 2 fully saturated rings. The summed E-state index contributed by atoms with van der Waals surface area (Å²) in [4.78, 5) is 16.0. The Morgan fingerprint density at radius 3 is 1.45 bits per heavy atom. The van der Waals surface area contributed by atoms with Gasteiger partial charge in [-0.1, -0.05) is 62.4 Å². The minimum Gasteiger partial charge on any atom is -0.493 e. The van der Waals surface area contributed by atoms with Gasteiger partial charge in [0.25, 0.3) is 0 Å². The van der Waals surface area contributed by atoms with E-state index in [4.69, 9.17) is 28.9 Å². The van der Waals surface area contributed by atoms with Crippen LogP contribution in [0.15, 0.2) is 109 Å². The fourth-order valence-corrected chi connectivity index (χ4v) is 9.21. The maximum absolute atomic E-state index is 6.36. The Balaban J connectivity index is 1.07. The van der Waals surface area contributed by atoms with Crippen LogP contribution in [0.1, 0.15) is 77.3 Å². The summed E-state index contributed by atoms with van der Waals surface area (Å²) in [5, 5.41) is 7.36. The van der Waals surface area contributed by atoms with E-state index in [-0.39, 0.29) is 18.2 Å². The Hall–Kier alpha value is -5.58. The summed E-state index contributed by atoms with van der Waals surface area (Å²) in [6, 6.07) is 39.1. The summed E-state index contributed by atoms with van der Waals surface area (Å²) in [6.45, 7) is 15.2. The second-order valence-electron chi connectivity index (χ2n) is 16.6. The Labute approximate surface area is 368 Å². The zero-order valence-corrected chi connectivity index (χ0v) is 37.3. The van der Waals surface area contributed by atoms with E-state index in [9.17, 15) is 0 Å². The predicted molar refractivity (Wildman–Crippen MR) is 252 cm³/mol. The molecule has 8 rings (SSSR count). The van der Waals surface area contributed by atoms with Gasteiger partial charge in [0.15, 0.2) is 23.0 Å². The Bertz CT molecular complexity index is 2370. The molecule has 6 aromatic rings. The molecule has 0 aliphatic carbocycles. The van der Waals surface area contributed by atoms with Gasteiger partial charge < -0.3 is 18.9 Å². The molecule has 0 unspecified atom stereocenters. The summed E-state index contributed by atoms with van der Waals surface area (Å²) < 4.78 is 24.0. The van der Waals surface area contributed by atoms with E-state index < -0.39 is 0 Å². The van der Waals surface area contributed by atoms with Crippen molar-refractivity contribution >= 4 is 33.4 Å². The van der Waals surface area contributed by atoms with Crippen molar-refractivity contribution in [2.75, 3.05) is 56.5 Å². The fraction of sp³-hybridized carbons (Fsp3) is 0.423. The number of hydrogen-bond donors (Lipinski definition) is 0. The van der Waals surface area contributed by atoms with Gasteiger partial charge in [0, 0.05) is 50.0 Å². The van der Waals surface area contributed by atoms with E-state index in [1.54, 1.807) is 7.11 Å². The van der Waals surface area contributed by atoms with Crippen LogP contribution in [0, 0.1) is 0 Å². The number of methoxy groups -OCH3 is 1. The van der Waals surface area contributed by atoms with Gasteiger partial charge in [-0.15, -0.1) is 0 Å². The highest BCUT2D eigenvalue weighted by Crippen LogP contribution is 2.36. The monoisotopic (exact) mass is 836 g/mol. The van der Waals surface area contributed by atoms with Crippen molar-refractivity contribution in [2.45, 2.75) is 97.5 Å². The number of likely N-dealkylation sites (tertiary alicyclic amines) is 2. The first-order valence-electron chi connectivity index (χ1n) is 22.9. The zero-order chi connectivity index (χ0) is 42.8. The van der Waals surface area contributed by atoms with Crippen molar-refractivity contribution < 1.29 is 18.9 Å². The highest BCUT2D eigenvalue weighted by Gasteiger charge is 2.36. The lowest BCUT2D eigenvalue weighted by Crippen LogP contribution is -2.59. The molecule has 0 N–H and O–H groups in total. The SMILES string of the molecule is CCOc1cc(CN2CCC(N(c3ccc4ccccc4n3)N(c3ccc4ccccc4n3)C3CCN(Cc4ccc(OC(CC)CC)c(OCC)c4)CC3)CC2)ccc1OC. The lowest BCUT2D eigenvalue weighted by molar-refractivity contribution is 0.179. The molecule has 4 aromatic carbocycles. The van der Waals surface area contributed by atoms with Gasteiger partial charge in [-0.3, -0.25) is 19.8 Å². The van der Waals surface area contributed by atoms with Gasteiger partial charge in [-0.05, 0) is 124 Å². The van der Waals surface area contributed by atoms with Gasteiger partial charge in [0.2, 0.25) is 0 Å². The first-order valence-corrected chi connectivity index (χ1v) is 22.9. The molecule has 2 saturated heterocycles. The highest BCUT2D eigenvalue weighted by atomic mass is 16.5. The third-order valence-corrected chi connectivity index (χ3v) is 12.5. The number of aromatic nitrogens is 2. The van der Waals surface area contributed by atoms with E-state index in [2.05, 4.69) is 137 Å². The molecule has 2 aliphatic heterocycles. The second kappa shape index (κ2) is 20.5. The summed E-state index contributed by atoms with van der Waals surface area (Å²) in [5.74, 6) is 5.19. The normalized spacial score (nSPS) is 15.6. The minimum absolute atomic E-state index is 0.185. The molecule has 62 heavy (non-hydrogen) atoms. The van der Waals surface area contributed by atoms with Crippen molar-refractivity contribution in [3.63, 3.8) is 0 Å². The highest BCUT2D eigenvalue weighted by molar-refractivity contribution is 5.82. The largest absolute Gasteiger partial charge is 0.493 e. The summed E-state index contributed by atoms with van der Waals surface area (Å²) in [5.41, 5.74) is 4.48. The lowest BCUT2D eigenvalue weighted by Gasteiger charge is -2.49. The third kappa shape index (κ3) is 10.0. The molecule has 10 nitrogen and oxygen atoms in total. The third-order valence-electron chi connectivity index (χ3n) is 12.5. The van der Waals surface area contributed by atoms with Gasteiger partial charge in [0.05, 0.1) is 49.5 Å². The molecule has 0 saturated carbocycles. The van der Waals surface area contributed by atoms with Gasteiger partial charge >= 0.3 is 0 Å². The van der Waals surface area contributed by atoms with Crippen molar-refractivity contribution in [3.05, 3.63) is 120 Å². The number of benzene rings is 4. The van der Waals surface area contributed by atoms with Gasteiger partial charge in [-0.2, -0.15) is 0 Å². The molecule has 326 valence electrons. The lowest BCUT2D eigenvalue weighted by atomic mass is 10.0. The van der Waals surface area contributed by atoms with Crippen LogP contribution in [0.2, 0.25) is 0 Å². The van der Waals surface area contributed by atoms with Crippen molar-refractivity contribution in [3.8, 4) is 23.0 Å². The summed E-state index contributed by atoms with van der Waals surface area (Å²) >= 11 is 0. The number of piperidine rings is 2. The van der Waals surface area contributed by atoms with Crippen LogP contribution in [-0.2, 0) is 13.1 Å². The fourth-order valence-electron chi connectivity index (χ4n) is 9.21. The van der Waals surface area contributed by atoms with Crippen LogP contribution in [0.3, 0.4) is 0 Å². The Kier molecular flexibility index (Phi) is 14.3. The average molecular weight is 837 g/mol. The molecule has 0 atom stereocenters. The van der Waals surface area contributed by atoms with E-state index in [1.807, 2.05) is 19.9 Å². The predicted octanol–water partition coefficient (Wildman–Crippen LogP) is 10.7. The molecule has 0 amide bonds. The number of para-hydroxylation sites is 2. The molecule has 0 bridgehead atoms. The molecule has 0 spiro atoms. The van der Waals surface area contributed by atoms with Crippen LogP contribution in [0.5, 0.6) is 23.0 Å². The topological polar surface area (TPSA) is 75.7 Å². The zero-order valence-electron chi connectivity index (χ0n) is 37.3. The first-order chi connectivity index (χ1) is 30.5. The first kappa shape index (κ1) is 43.1. The quantitative estimate of drug-likeness (QED) is 0.0781. The van der Waals surface area contributed by atoms with Gasteiger partial charge in [0.1, 0.15) is 11.6 Å². The van der Waals surface area contributed by atoms with E-state index in [0.717, 1.165) is 134 Å².